The van der Waals surface area contributed by atoms with E-state index in [1.165, 1.54) is 11.3 Å². The predicted molar refractivity (Wildman–Crippen MR) is 78.8 cm³/mol. The van der Waals surface area contributed by atoms with Gasteiger partial charge in [-0.1, -0.05) is 19.1 Å². The highest BCUT2D eigenvalue weighted by Gasteiger charge is 2.29. The summed E-state index contributed by atoms with van der Waals surface area (Å²) in [6, 6.07) is 7.89. The van der Waals surface area contributed by atoms with Crippen LogP contribution in [0.15, 0.2) is 30.0 Å². The molecule has 1 aliphatic heterocycles. The molecule has 0 unspecified atom stereocenters. The van der Waals surface area contributed by atoms with Gasteiger partial charge in [0.25, 0.3) is 0 Å². The highest BCUT2D eigenvalue weighted by Crippen LogP contribution is 2.32. The largest absolute Gasteiger partial charge is 0.510 e. The van der Waals surface area contributed by atoms with Crippen molar-refractivity contribution in [1.82, 2.24) is 9.88 Å². The van der Waals surface area contributed by atoms with E-state index in [1.807, 2.05) is 29.2 Å². The van der Waals surface area contributed by atoms with Gasteiger partial charge < -0.3 is 10.0 Å². The molecule has 2 heterocycles. The fraction of sp³-hybridized carbons (Fsp3) is 0.286. The molecule has 2 N–H and O–H groups in total. The first-order valence-electron chi connectivity index (χ1n) is 6.32. The average Bonchev–Trinajstić information content (AvgIpc) is 2.91. The predicted octanol–water partition coefficient (Wildman–Crippen LogP) is 3.27. The molecule has 0 saturated heterocycles. The van der Waals surface area contributed by atoms with Crippen molar-refractivity contribution in [2.75, 3.05) is 13.1 Å². The number of hydrogen-bond donors (Lipinski definition) is 2. The van der Waals surface area contributed by atoms with Crippen LogP contribution in [0.4, 0.5) is 0 Å². The topological polar surface area (TPSA) is 60.2 Å². The maximum absolute atomic E-state index is 10.1. The van der Waals surface area contributed by atoms with Gasteiger partial charge in [-0.2, -0.15) is 0 Å². The molecule has 1 aliphatic rings. The van der Waals surface area contributed by atoms with E-state index in [1.54, 1.807) is 0 Å². The number of benzene rings is 1. The van der Waals surface area contributed by atoms with Crippen LogP contribution >= 0.6 is 11.3 Å². The van der Waals surface area contributed by atoms with Crippen LogP contribution in [0.5, 0.6) is 0 Å². The molecule has 1 aromatic carbocycles. The zero-order chi connectivity index (χ0) is 13.4. The summed E-state index contributed by atoms with van der Waals surface area (Å²) in [5.41, 5.74) is 1.51. The number of aliphatic hydroxyl groups excluding tert-OH is 1. The normalized spacial score (nSPS) is 15.8. The summed E-state index contributed by atoms with van der Waals surface area (Å²) in [5.74, 6) is 0.649. The van der Waals surface area contributed by atoms with Crippen LogP contribution < -0.4 is 0 Å². The van der Waals surface area contributed by atoms with Crippen LogP contribution in [0.25, 0.3) is 15.8 Å². The van der Waals surface area contributed by atoms with Crippen molar-refractivity contribution in [2.45, 2.75) is 13.3 Å². The maximum atomic E-state index is 10.1. The first-order valence-corrected chi connectivity index (χ1v) is 7.14. The molecule has 0 saturated carbocycles. The Kier molecular flexibility index (Phi) is 2.98. The van der Waals surface area contributed by atoms with Crippen molar-refractivity contribution in [3.63, 3.8) is 0 Å². The second-order valence-electron chi connectivity index (χ2n) is 4.58. The highest BCUT2D eigenvalue weighted by atomic mass is 32.1. The second-order valence-corrected chi connectivity index (χ2v) is 5.61. The van der Waals surface area contributed by atoms with E-state index in [2.05, 4.69) is 11.9 Å². The van der Waals surface area contributed by atoms with E-state index in [9.17, 15) is 5.11 Å². The first-order chi connectivity index (χ1) is 9.20. The zero-order valence-electron chi connectivity index (χ0n) is 10.7. The number of aromatic nitrogens is 1. The number of nitrogens with one attached hydrogen (secondary N) is 1. The number of rotatable bonds is 3. The van der Waals surface area contributed by atoms with E-state index in [0.717, 1.165) is 28.2 Å². The highest BCUT2D eigenvalue weighted by molar-refractivity contribution is 7.19. The second kappa shape index (κ2) is 4.66. The van der Waals surface area contributed by atoms with Crippen molar-refractivity contribution in [1.29, 1.82) is 5.41 Å². The van der Waals surface area contributed by atoms with Crippen molar-refractivity contribution in [3.8, 4) is 0 Å². The molecule has 1 aromatic heterocycles. The van der Waals surface area contributed by atoms with Crippen LogP contribution in [-0.2, 0) is 0 Å². The molecule has 0 radical (unpaired) electrons. The summed E-state index contributed by atoms with van der Waals surface area (Å²) in [6.45, 7) is 3.29. The van der Waals surface area contributed by atoms with Gasteiger partial charge in [-0.15, -0.1) is 11.3 Å². The van der Waals surface area contributed by atoms with E-state index in [4.69, 9.17) is 5.41 Å². The molecule has 3 rings (SSSR count). The summed E-state index contributed by atoms with van der Waals surface area (Å²) < 4.78 is 1.08. The van der Waals surface area contributed by atoms with Crippen LogP contribution in [0.3, 0.4) is 0 Å². The number of para-hydroxylation sites is 1. The Labute approximate surface area is 115 Å². The number of amidine groups is 1. The quantitative estimate of drug-likeness (QED) is 0.902. The average molecular weight is 273 g/mol. The van der Waals surface area contributed by atoms with Gasteiger partial charge in [0.05, 0.1) is 22.3 Å². The third-order valence-corrected chi connectivity index (χ3v) is 4.24. The van der Waals surface area contributed by atoms with Gasteiger partial charge in [0.2, 0.25) is 0 Å². The summed E-state index contributed by atoms with van der Waals surface area (Å²) >= 11 is 1.53. The maximum Gasteiger partial charge on any atom is 0.135 e. The van der Waals surface area contributed by atoms with Crippen LogP contribution in [0.2, 0.25) is 0 Å². The number of nitrogens with zero attached hydrogens (tertiary/aromatic N) is 2. The molecule has 0 fully saturated rings. The van der Waals surface area contributed by atoms with Crippen molar-refractivity contribution in [2.24, 2.45) is 0 Å². The van der Waals surface area contributed by atoms with Crippen molar-refractivity contribution >= 4 is 33.0 Å². The Balaban J connectivity index is 2.01. The summed E-state index contributed by atoms with van der Waals surface area (Å²) in [5, 5.41) is 19.0. The molecular formula is C14H15N3OS. The van der Waals surface area contributed by atoms with Gasteiger partial charge in [0.1, 0.15) is 16.6 Å². The van der Waals surface area contributed by atoms with Gasteiger partial charge in [-0.05, 0) is 18.6 Å². The van der Waals surface area contributed by atoms with Crippen LogP contribution in [-0.4, -0.2) is 33.9 Å². The fourth-order valence-corrected chi connectivity index (χ4v) is 3.33. The smallest absolute Gasteiger partial charge is 0.135 e. The number of aliphatic hydroxyl groups is 1. The van der Waals surface area contributed by atoms with Crippen LogP contribution in [0.1, 0.15) is 18.4 Å². The van der Waals surface area contributed by atoms with Gasteiger partial charge in [0.15, 0.2) is 0 Å². The number of thiazole rings is 1. The van der Waals surface area contributed by atoms with Crippen molar-refractivity contribution < 1.29 is 5.11 Å². The van der Waals surface area contributed by atoms with E-state index in [0.29, 0.717) is 18.0 Å². The Bertz CT molecular complexity index is 641. The molecular weight excluding hydrogens is 258 g/mol. The number of fused-ring (bicyclic) bond motifs is 1. The summed E-state index contributed by atoms with van der Waals surface area (Å²) in [7, 11) is 0. The molecule has 0 aliphatic carbocycles. The Morgan fingerprint density at radius 1 is 1.42 bits per heavy atom. The Morgan fingerprint density at radius 2 is 2.21 bits per heavy atom. The van der Waals surface area contributed by atoms with Crippen LogP contribution in [0, 0.1) is 5.41 Å². The third-order valence-electron chi connectivity index (χ3n) is 3.18. The lowest BCUT2D eigenvalue weighted by Crippen LogP contribution is -2.27. The van der Waals surface area contributed by atoms with Gasteiger partial charge in [-0.3, -0.25) is 5.41 Å². The first kappa shape index (κ1) is 12.2. The standard InChI is InChI=1S/C14H15N3OS/c1-2-7-17-8-10(18)12(13(17)15)14-16-9-5-3-4-6-11(9)19-14/h3-6,15,18H,2,7-8H2,1H3. The summed E-state index contributed by atoms with van der Waals surface area (Å²) in [4.78, 5) is 6.41. The molecule has 2 aromatic rings. The lowest BCUT2D eigenvalue weighted by molar-refractivity contribution is 0.350. The SMILES string of the molecule is CCCN1CC(O)=C(c2nc3ccccc3s2)C1=N. The van der Waals surface area contributed by atoms with E-state index < -0.39 is 0 Å². The van der Waals surface area contributed by atoms with Crippen molar-refractivity contribution in [3.05, 3.63) is 35.0 Å². The fourth-order valence-electron chi connectivity index (χ4n) is 2.30. The molecule has 98 valence electrons. The molecule has 19 heavy (non-hydrogen) atoms. The molecule has 5 heteroatoms. The minimum absolute atomic E-state index is 0.262. The minimum Gasteiger partial charge on any atom is -0.510 e. The molecule has 0 amide bonds. The molecule has 0 spiro atoms. The van der Waals surface area contributed by atoms with E-state index in [-0.39, 0.29) is 5.76 Å². The molecule has 4 nitrogen and oxygen atoms in total. The Hall–Kier alpha value is -1.88. The lowest BCUT2D eigenvalue weighted by atomic mass is 10.2. The van der Waals surface area contributed by atoms with Gasteiger partial charge in [-0.25, -0.2) is 4.98 Å². The van der Waals surface area contributed by atoms with Gasteiger partial charge in [0, 0.05) is 6.54 Å². The van der Waals surface area contributed by atoms with E-state index >= 15 is 0 Å². The summed E-state index contributed by atoms with van der Waals surface area (Å²) in [6.07, 6.45) is 0.961. The lowest BCUT2D eigenvalue weighted by Gasteiger charge is -2.16. The van der Waals surface area contributed by atoms with Gasteiger partial charge >= 0.3 is 0 Å². The number of hydrogen-bond acceptors (Lipinski definition) is 4. The third kappa shape index (κ3) is 2.00. The molecule has 0 bridgehead atoms. The molecule has 0 atom stereocenters. The zero-order valence-corrected chi connectivity index (χ0v) is 11.5. The monoisotopic (exact) mass is 273 g/mol. The Morgan fingerprint density at radius 3 is 2.95 bits per heavy atom. The minimum atomic E-state index is 0.262.